The smallest absolute Gasteiger partial charge is 0.254 e. The van der Waals surface area contributed by atoms with Crippen LogP contribution >= 0.6 is 0 Å². The van der Waals surface area contributed by atoms with Crippen molar-refractivity contribution in [3.63, 3.8) is 0 Å². The minimum absolute atomic E-state index is 0.113. The molecule has 1 aliphatic heterocycles. The van der Waals surface area contributed by atoms with Crippen LogP contribution in [0.2, 0.25) is 0 Å². The van der Waals surface area contributed by atoms with Crippen LogP contribution < -0.4 is 10.1 Å². The Morgan fingerprint density at radius 1 is 1.30 bits per heavy atom. The maximum atomic E-state index is 12.2. The molecular weight excluding hydrogens is 292 g/mol. The van der Waals surface area contributed by atoms with E-state index in [2.05, 4.69) is 16.3 Å². The third-order valence-electron chi connectivity index (χ3n) is 4.32. The minimum atomic E-state index is -0.113. The number of carbonyl (C=O) groups is 1. The summed E-state index contributed by atoms with van der Waals surface area (Å²) in [5, 5.41) is 3.02. The Morgan fingerprint density at radius 2 is 2.09 bits per heavy atom. The molecule has 23 heavy (non-hydrogen) atoms. The Balaban J connectivity index is 1.77. The highest BCUT2D eigenvalue weighted by atomic mass is 16.5. The first-order valence-corrected chi connectivity index (χ1v) is 7.97. The van der Waals surface area contributed by atoms with E-state index in [0.717, 1.165) is 24.4 Å². The maximum absolute atomic E-state index is 12.2. The zero-order chi connectivity index (χ0) is 16.1. The van der Waals surface area contributed by atoms with Gasteiger partial charge in [0.1, 0.15) is 12.0 Å². The molecule has 1 aromatic carbocycles. The van der Waals surface area contributed by atoms with E-state index >= 15 is 0 Å². The zero-order valence-electron chi connectivity index (χ0n) is 13.3. The van der Waals surface area contributed by atoms with Gasteiger partial charge < -0.3 is 14.5 Å². The highest BCUT2D eigenvalue weighted by molar-refractivity contribution is 5.93. The van der Waals surface area contributed by atoms with E-state index in [1.54, 1.807) is 13.2 Å². The Kier molecular flexibility index (Phi) is 4.98. The van der Waals surface area contributed by atoms with E-state index in [9.17, 15) is 4.79 Å². The van der Waals surface area contributed by atoms with Crippen LogP contribution in [0.1, 0.15) is 34.8 Å². The van der Waals surface area contributed by atoms with Gasteiger partial charge in [-0.05, 0) is 38.1 Å². The highest BCUT2D eigenvalue weighted by Crippen LogP contribution is 2.31. The van der Waals surface area contributed by atoms with Crippen molar-refractivity contribution < 1.29 is 13.9 Å². The van der Waals surface area contributed by atoms with E-state index in [-0.39, 0.29) is 11.9 Å². The van der Waals surface area contributed by atoms with E-state index in [0.29, 0.717) is 12.1 Å². The standard InChI is InChI=1S/C18H22N2O3/c1-22-17-7-3-2-6-15(17)16(20-9-4-5-10-20)12-19-18(21)14-8-11-23-13-14/h2-3,6-8,11,13,16H,4-5,9-10,12H2,1H3,(H,19,21)/t16-/m0/s1. The number of nitrogens with zero attached hydrogens (tertiary/aromatic N) is 1. The normalized spacial score (nSPS) is 16.2. The number of ether oxygens (including phenoxy) is 1. The summed E-state index contributed by atoms with van der Waals surface area (Å²) in [6.07, 6.45) is 5.36. The van der Waals surface area contributed by atoms with Gasteiger partial charge in [-0.25, -0.2) is 0 Å². The van der Waals surface area contributed by atoms with Gasteiger partial charge in [-0.2, -0.15) is 0 Å². The molecule has 1 saturated heterocycles. The molecule has 5 nitrogen and oxygen atoms in total. The van der Waals surface area contributed by atoms with Crippen molar-refractivity contribution >= 4 is 5.91 Å². The van der Waals surface area contributed by atoms with Gasteiger partial charge in [0.25, 0.3) is 5.91 Å². The minimum Gasteiger partial charge on any atom is -0.496 e. The molecular formula is C18H22N2O3. The van der Waals surface area contributed by atoms with Crippen LogP contribution in [0.3, 0.4) is 0 Å². The third kappa shape index (κ3) is 3.56. The lowest BCUT2D eigenvalue weighted by Crippen LogP contribution is -2.36. The second kappa shape index (κ2) is 7.33. The largest absolute Gasteiger partial charge is 0.496 e. The number of rotatable bonds is 6. The number of carbonyl (C=O) groups excluding carboxylic acids is 1. The molecule has 0 spiro atoms. The third-order valence-corrected chi connectivity index (χ3v) is 4.32. The first-order valence-electron chi connectivity index (χ1n) is 7.97. The lowest BCUT2D eigenvalue weighted by Gasteiger charge is -2.29. The van der Waals surface area contributed by atoms with Gasteiger partial charge in [0.2, 0.25) is 0 Å². The number of likely N-dealkylation sites (tertiary alicyclic amines) is 1. The van der Waals surface area contributed by atoms with Crippen LogP contribution in [0.5, 0.6) is 5.75 Å². The van der Waals surface area contributed by atoms with Crippen molar-refractivity contribution in [1.82, 2.24) is 10.2 Å². The van der Waals surface area contributed by atoms with E-state index in [4.69, 9.17) is 9.15 Å². The zero-order valence-corrected chi connectivity index (χ0v) is 13.3. The van der Waals surface area contributed by atoms with E-state index in [1.165, 1.54) is 25.4 Å². The number of nitrogens with one attached hydrogen (secondary N) is 1. The second-order valence-corrected chi connectivity index (χ2v) is 5.72. The fourth-order valence-electron chi connectivity index (χ4n) is 3.12. The summed E-state index contributed by atoms with van der Waals surface area (Å²) in [5.41, 5.74) is 1.66. The van der Waals surface area contributed by atoms with Gasteiger partial charge in [-0.1, -0.05) is 18.2 Å². The van der Waals surface area contributed by atoms with Gasteiger partial charge in [0, 0.05) is 12.1 Å². The van der Waals surface area contributed by atoms with Crippen LogP contribution in [0.4, 0.5) is 0 Å². The molecule has 1 amide bonds. The van der Waals surface area contributed by atoms with E-state index < -0.39 is 0 Å². The van der Waals surface area contributed by atoms with Crippen molar-refractivity contribution in [2.75, 3.05) is 26.7 Å². The Bertz CT molecular complexity index is 633. The summed E-state index contributed by atoms with van der Waals surface area (Å²) in [6.45, 7) is 2.64. The monoisotopic (exact) mass is 314 g/mol. The number of para-hydroxylation sites is 1. The SMILES string of the molecule is COc1ccccc1[C@H](CNC(=O)c1ccoc1)N1CCCC1. The molecule has 0 unspecified atom stereocenters. The van der Waals surface area contributed by atoms with Gasteiger partial charge in [-0.3, -0.25) is 9.69 Å². The van der Waals surface area contributed by atoms with Gasteiger partial charge in [-0.15, -0.1) is 0 Å². The lowest BCUT2D eigenvalue weighted by molar-refractivity contribution is 0.0936. The predicted octanol–water partition coefficient (Wildman–Crippen LogP) is 2.86. The molecule has 1 aromatic heterocycles. The number of hydrogen-bond acceptors (Lipinski definition) is 4. The summed E-state index contributed by atoms with van der Waals surface area (Å²) in [4.78, 5) is 14.6. The molecule has 1 aliphatic rings. The van der Waals surface area contributed by atoms with Crippen LogP contribution in [0.25, 0.3) is 0 Å². The molecule has 1 atom stereocenters. The number of furan rings is 1. The molecule has 0 aliphatic carbocycles. The van der Waals surface area contributed by atoms with Gasteiger partial charge in [0.15, 0.2) is 0 Å². The molecule has 2 aromatic rings. The Morgan fingerprint density at radius 3 is 2.78 bits per heavy atom. The Labute approximate surface area is 136 Å². The molecule has 1 fully saturated rings. The van der Waals surface area contributed by atoms with Crippen LogP contribution in [0.15, 0.2) is 47.3 Å². The molecule has 122 valence electrons. The lowest BCUT2D eigenvalue weighted by atomic mass is 10.0. The van der Waals surface area contributed by atoms with Crippen LogP contribution in [-0.4, -0.2) is 37.6 Å². The van der Waals surface area contributed by atoms with Crippen molar-refractivity contribution in [2.24, 2.45) is 0 Å². The molecule has 3 rings (SSSR count). The summed E-state index contributed by atoms with van der Waals surface area (Å²) in [6, 6.07) is 9.81. The summed E-state index contributed by atoms with van der Waals surface area (Å²) in [5.74, 6) is 0.750. The number of methoxy groups -OCH3 is 1. The van der Waals surface area contributed by atoms with E-state index in [1.807, 2.05) is 18.2 Å². The highest BCUT2D eigenvalue weighted by Gasteiger charge is 2.26. The first-order chi connectivity index (χ1) is 11.3. The van der Waals surface area contributed by atoms with Crippen LogP contribution in [-0.2, 0) is 0 Å². The van der Waals surface area contributed by atoms with Crippen molar-refractivity contribution in [2.45, 2.75) is 18.9 Å². The van der Waals surface area contributed by atoms with Crippen LogP contribution in [0, 0.1) is 0 Å². The quantitative estimate of drug-likeness (QED) is 0.891. The molecule has 0 bridgehead atoms. The summed E-state index contributed by atoms with van der Waals surface area (Å²) in [7, 11) is 1.68. The summed E-state index contributed by atoms with van der Waals surface area (Å²) < 4.78 is 10.5. The van der Waals surface area contributed by atoms with Crippen molar-refractivity contribution in [3.8, 4) is 5.75 Å². The average Bonchev–Trinajstić information content (AvgIpc) is 3.29. The fraction of sp³-hybridized carbons (Fsp3) is 0.389. The fourth-order valence-corrected chi connectivity index (χ4v) is 3.12. The molecule has 0 radical (unpaired) electrons. The second-order valence-electron chi connectivity index (χ2n) is 5.72. The average molecular weight is 314 g/mol. The molecule has 2 heterocycles. The molecule has 0 saturated carbocycles. The van der Waals surface area contributed by atoms with Gasteiger partial charge >= 0.3 is 0 Å². The Hall–Kier alpha value is -2.27. The maximum Gasteiger partial charge on any atom is 0.254 e. The molecule has 5 heteroatoms. The summed E-state index contributed by atoms with van der Waals surface area (Å²) >= 11 is 0. The van der Waals surface area contributed by atoms with Crippen molar-refractivity contribution in [3.05, 3.63) is 54.0 Å². The number of benzene rings is 1. The number of amides is 1. The first kappa shape index (κ1) is 15.6. The predicted molar refractivity (Wildman–Crippen MR) is 87.6 cm³/mol. The van der Waals surface area contributed by atoms with Gasteiger partial charge in [0.05, 0.1) is 25.0 Å². The molecule has 1 N–H and O–H groups in total. The topological polar surface area (TPSA) is 54.7 Å². The van der Waals surface area contributed by atoms with Crippen molar-refractivity contribution in [1.29, 1.82) is 0 Å². The number of hydrogen-bond donors (Lipinski definition) is 1.